The van der Waals surface area contributed by atoms with Gasteiger partial charge in [0.05, 0.1) is 5.69 Å². The van der Waals surface area contributed by atoms with Gasteiger partial charge in [-0.2, -0.15) is 5.10 Å². The van der Waals surface area contributed by atoms with E-state index < -0.39 is 0 Å². The summed E-state index contributed by atoms with van der Waals surface area (Å²) in [7, 11) is 0. The Morgan fingerprint density at radius 1 is 1.30 bits per heavy atom. The number of carbonyl (C=O) groups excluding carboxylic acids is 1. The average Bonchev–Trinajstić information content (AvgIpc) is 2.55. The summed E-state index contributed by atoms with van der Waals surface area (Å²) in [5.74, 6) is -0.242. The second kappa shape index (κ2) is 7.00. The van der Waals surface area contributed by atoms with E-state index in [1.807, 2.05) is 30.5 Å². The fourth-order valence-corrected chi connectivity index (χ4v) is 3.21. The van der Waals surface area contributed by atoms with Gasteiger partial charge in [-0.05, 0) is 55.7 Å². The fraction of sp³-hybridized carbons (Fsp3) is 0.353. The van der Waals surface area contributed by atoms with Gasteiger partial charge in [0.1, 0.15) is 6.54 Å². The van der Waals surface area contributed by atoms with Gasteiger partial charge in [-0.1, -0.05) is 6.07 Å². The van der Waals surface area contributed by atoms with Gasteiger partial charge in [0.2, 0.25) is 5.91 Å². The Kier molecular flexibility index (Phi) is 4.81. The van der Waals surface area contributed by atoms with Crippen LogP contribution in [0.5, 0.6) is 0 Å². The van der Waals surface area contributed by atoms with Crippen LogP contribution in [0.1, 0.15) is 24.1 Å². The van der Waals surface area contributed by atoms with Crippen molar-refractivity contribution in [3.63, 3.8) is 0 Å². The Morgan fingerprint density at radius 3 is 2.96 bits per heavy atom. The molecule has 0 saturated carbocycles. The molecule has 120 valence electrons. The monoisotopic (exact) mass is 329 g/mol. The van der Waals surface area contributed by atoms with E-state index in [9.17, 15) is 9.59 Å². The SMILES string of the molecule is CSc1cccc(NC(=O)Cn2nc3c(cc2=O)CCCC3)c1. The highest BCUT2D eigenvalue weighted by molar-refractivity contribution is 7.98. The van der Waals surface area contributed by atoms with E-state index in [1.54, 1.807) is 17.8 Å². The quantitative estimate of drug-likeness (QED) is 0.875. The lowest BCUT2D eigenvalue weighted by atomic mass is 9.97. The number of nitrogens with zero attached hydrogens (tertiary/aromatic N) is 2. The van der Waals surface area contributed by atoms with Gasteiger partial charge < -0.3 is 5.32 Å². The molecule has 5 nitrogen and oxygen atoms in total. The number of carbonyl (C=O) groups is 1. The summed E-state index contributed by atoms with van der Waals surface area (Å²) in [5.41, 5.74) is 2.50. The first-order valence-electron chi connectivity index (χ1n) is 7.69. The molecule has 1 aromatic heterocycles. The normalized spacial score (nSPS) is 13.4. The van der Waals surface area contributed by atoms with Crippen LogP contribution in [-0.4, -0.2) is 21.9 Å². The first-order valence-corrected chi connectivity index (χ1v) is 8.92. The molecule has 1 N–H and O–H groups in total. The molecule has 1 aromatic carbocycles. The van der Waals surface area contributed by atoms with Crippen molar-refractivity contribution in [3.05, 3.63) is 51.9 Å². The zero-order valence-corrected chi connectivity index (χ0v) is 13.9. The maximum absolute atomic E-state index is 12.2. The Bertz CT molecular complexity index is 786. The third-order valence-corrected chi connectivity index (χ3v) is 4.65. The van der Waals surface area contributed by atoms with Gasteiger partial charge >= 0.3 is 0 Å². The molecule has 3 rings (SSSR count). The minimum atomic E-state index is -0.242. The summed E-state index contributed by atoms with van der Waals surface area (Å²) >= 11 is 1.61. The molecule has 2 aromatic rings. The number of anilines is 1. The fourth-order valence-electron chi connectivity index (χ4n) is 2.75. The highest BCUT2D eigenvalue weighted by atomic mass is 32.2. The minimum Gasteiger partial charge on any atom is -0.324 e. The summed E-state index contributed by atoms with van der Waals surface area (Å²) < 4.78 is 1.26. The average molecular weight is 329 g/mol. The van der Waals surface area contributed by atoms with Gasteiger partial charge in [-0.25, -0.2) is 4.68 Å². The van der Waals surface area contributed by atoms with Crippen molar-refractivity contribution in [2.45, 2.75) is 37.1 Å². The van der Waals surface area contributed by atoms with Gasteiger partial charge in [-0.15, -0.1) is 11.8 Å². The zero-order chi connectivity index (χ0) is 16.2. The summed E-state index contributed by atoms with van der Waals surface area (Å²) in [6, 6.07) is 9.25. The molecule has 1 amide bonds. The number of aromatic nitrogens is 2. The number of benzene rings is 1. The number of hydrogen-bond acceptors (Lipinski definition) is 4. The predicted molar refractivity (Wildman–Crippen MR) is 92.0 cm³/mol. The van der Waals surface area contributed by atoms with Crippen molar-refractivity contribution >= 4 is 23.4 Å². The van der Waals surface area contributed by atoms with Crippen LogP contribution in [0.2, 0.25) is 0 Å². The molecule has 1 aliphatic carbocycles. The molecule has 0 fully saturated rings. The van der Waals surface area contributed by atoms with E-state index in [1.165, 1.54) is 4.68 Å². The van der Waals surface area contributed by atoms with E-state index >= 15 is 0 Å². The van der Waals surface area contributed by atoms with E-state index in [0.717, 1.165) is 47.5 Å². The molecule has 6 heteroatoms. The summed E-state index contributed by atoms with van der Waals surface area (Å²) in [5, 5.41) is 7.19. The van der Waals surface area contributed by atoms with Crippen LogP contribution < -0.4 is 10.9 Å². The van der Waals surface area contributed by atoms with Gasteiger partial charge in [0.25, 0.3) is 5.56 Å². The van der Waals surface area contributed by atoms with Crippen LogP contribution >= 0.6 is 11.8 Å². The molecule has 0 spiro atoms. The van der Waals surface area contributed by atoms with Crippen LogP contribution in [0.4, 0.5) is 5.69 Å². The van der Waals surface area contributed by atoms with E-state index in [2.05, 4.69) is 10.4 Å². The number of hydrogen-bond donors (Lipinski definition) is 1. The maximum atomic E-state index is 12.2. The largest absolute Gasteiger partial charge is 0.324 e. The Morgan fingerprint density at radius 2 is 2.13 bits per heavy atom. The molecule has 0 atom stereocenters. The Balaban J connectivity index is 1.73. The van der Waals surface area contributed by atoms with E-state index in [4.69, 9.17) is 0 Å². The van der Waals surface area contributed by atoms with Crippen LogP contribution in [-0.2, 0) is 24.2 Å². The molecule has 1 heterocycles. The summed E-state index contributed by atoms with van der Waals surface area (Å²) in [6.45, 7) is -0.0599. The van der Waals surface area contributed by atoms with Crippen LogP contribution in [0.25, 0.3) is 0 Å². The first kappa shape index (κ1) is 15.8. The van der Waals surface area contributed by atoms with Gasteiger partial charge in [0, 0.05) is 16.6 Å². The number of thioether (sulfide) groups is 1. The molecule has 0 saturated heterocycles. The highest BCUT2D eigenvalue weighted by Gasteiger charge is 2.14. The van der Waals surface area contributed by atoms with Crippen LogP contribution in [0, 0.1) is 0 Å². The van der Waals surface area contributed by atoms with Crippen molar-refractivity contribution in [2.75, 3.05) is 11.6 Å². The summed E-state index contributed by atoms with van der Waals surface area (Å²) in [4.78, 5) is 25.4. The summed E-state index contributed by atoms with van der Waals surface area (Å²) in [6.07, 6.45) is 5.97. The van der Waals surface area contributed by atoms with Gasteiger partial charge in [-0.3, -0.25) is 9.59 Å². The number of nitrogens with one attached hydrogen (secondary N) is 1. The lowest BCUT2D eigenvalue weighted by molar-refractivity contribution is -0.117. The number of rotatable bonds is 4. The minimum absolute atomic E-state index is 0.0599. The van der Waals surface area contributed by atoms with E-state index in [0.29, 0.717) is 0 Å². The number of amides is 1. The lowest BCUT2D eigenvalue weighted by Gasteiger charge is -2.15. The molecular formula is C17H19N3O2S. The molecule has 0 aliphatic heterocycles. The lowest BCUT2D eigenvalue weighted by Crippen LogP contribution is -2.31. The molecule has 0 bridgehead atoms. The van der Waals surface area contributed by atoms with Crippen molar-refractivity contribution in [1.29, 1.82) is 0 Å². The Hall–Kier alpha value is -2.08. The van der Waals surface area contributed by atoms with E-state index in [-0.39, 0.29) is 18.0 Å². The third-order valence-electron chi connectivity index (χ3n) is 3.92. The second-order valence-corrected chi connectivity index (χ2v) is 6.48. The van der Waals surface area contributed by atoms with Crippen molar-refractivity contribution in [2.24, 2.45) is 0 Å². The standard InChI is InChI=1S/C17H19N3O2S/c1-23-14-7-4-6-13(10-14)18-16(21)11-20-17(22)9-12-5-2-3-8-15(12)19-20/h4,6-7,9-10H,2-3,5,8,11H2,1H3,(H,18,21). The van der Waals surface area contributed by atoms with Crippen molar-refractivity contribution < 1.29 is 4.79 Å². The molecular weight excluding hydrogens is 310 g/mol. The smallest absolute Gasteiger partial charge is 0.267 e. The van der Waals surface area contributed by atoms with Crippen LogP contribution in [0.3, 0.4) is 0 Å². The Labute approximate surface area is 139 Å². The highest BCUT2D eigenvalue weighted by Crippen LogP contribution is 2.19. The van der Waals surface area contributed by atoms with Crippen molar-refractivity contribution in [3.8, 4) is 0 Å². The van der Waals surface area contributed by atoms with Crippen molar-refractivity contribution in [1.82, 2.24) is 9.78 Å². The molecule has 1 aliphatic rings. The topological polar surface area (TPSA) is 64.0 Å². The molecule has 23 heavy (non-hydrogen) atoms. The predicted octanol–water partition coefficient (Wildman–Crippen LogP) is 2.48. The zero-order valence-electron chi connectivity index (χ0n) is 13.0. The third kappa shape index (κ3) is 3.82. The molecule has 0 radical (unpaired) electrons. The first-order chi connectivity index (χ1) is 11.2. The maximum Gasteiger partial charge on any atom is 0.267 e. The van der Waals surface area contributed by atoms with Crippen LogP contribution in [0.15, 0.2) is 40.0 Å². The molecule has 0 unspecified atom stereocenters. The second-order valence-electron chi connectivity index (χ2n) is 5.60. The number of fused-ring (bicyclic) bond motifs is 1. The van der Waals surface area contributed by atoms with Gasteiger partial charge in [0.15, 0.2) is 0 Å². The number of aryl methyl sites for hydroxylation is 2.